The van der Waals surface area contributed by atoms with Crippen LogP contribution < -0.4 is 16.0 Å². The summed E-state index contributed by atoms with van der Waals surface area (Å²) in [6.45, 7) is 2.02. The van der Waals surface area contributed by atoms with Crippen LogP contribution in [0.5, 0.6) is 0 Å². The van der Waals surface area contributed by atoms with E-state index in [1.54, 1.807) is 0 Å². The molecule has 2 aliphatic heterocycles. The Balaban J connectivity index is 1.89. The van der Waals surface area contributed by atoms with Gasteiger partial charge in [0.15, 0.2) is 0 Å². The van der Waals surface area contributed by atoms with E-state index in [-0.39, 0.29) is 12.5 Å². The summed E-state index contributed by atoms with van der Waals surface area (Å²) in [5, 5.41) is 12.1. The van der Waals surface area contributed by atoms with Crippen molar-refractivity contribution in [1.29, 1.82) is 0 Å². The highest BCUT2D eigenvalue weighted by molar-refractivity contribution is 5.95. The van der Waals surface area contributed by atoms with Gasteiger partial charge in [0, 0.05) is 37.7 Å². The quantitative estimate of drug-likeness (QED) is 0.693. The Labute approximate surface area is 112 Å². The number of fused-ring (bicyclic) bond motifs is 1. The number of hydrogen-bond donors (Lipinski definition) is 3. The van der Waals surface area contributed by atoms with Gasteiger partial charge in [-0.1, -0.05) is 0 Å². The summed E-state index contributed by atoms with van der Waals surface area (Å²) in [5.41, 5.74) is 9.82. The molecule has 5 heteroatoms. The van der Waals surface area contributed by atoms with Crippen molar-refractivity contribution in [2.24, 2.45) is 5.92 Å². The minimum absolute atomic E-state index is 0.0566. The van der Waals surface area contributed by atoms with Crippen molar-refractivity contribution < 1.29 is 9.90 Å². The smallest absolute Gasteiger partial charge is 0.224 e. The molecule has 0 radical (unpaired) electrons. The van der Waals surface area contributed by atoms with Crippen molar-refractivity contribution in [3.05, 3.63) is 17.7 Å². The maximum absolute atomic E-state index is 11.4. The molecule has 1 amide bonds. The van der Waals surface area contributed by atoms with Crippen LogP contribution in [0.25, 0.3) is 0 Å². The predicted molar refractivity (Wildman–Crippen MR) is 75.2 cm³/mol. The number of benzene rings is 1. The third kappa shape index (κ3) is 2.26. The molecule has 1 unspecified atom stereocenters. The fourth-order valence-corrected chi connectivity index (χ4v) is 2.91. The van der Waals surface area contributed by atoms with E-state index in [4.69, 9.17) is 5.73 Å². The number of aliphatic hydroxyl groups is 1. The summed E-state index contributed by atoms with van der Waals surface area (Å²) in [5.74, 6) is 0.399. The molecule has 2 heterocycles. The molecule has 4 N–H and O–H groups in total. The summed E-state index contributed by atoms with van der Waals surface area (Å²) >= 11 is 0. The van der Waals surface area contributed by atoms with Gasteiger partial charge >= 0.3 is 0 Å². The lowest BCUT2D eigenvalue weighted by atomic mass is 10.0. The molecule has 102 valence electrons. The molecule has 1 atom stereocenters. The number of rotatable bonds is 2. The van der Waals surface area contributed by atoms with Crippen molar-refractivity contribution in [1.82, 2.24) is 0 Å². The lowest BCUT2D eigenvalue weighted by molar-refractivity contribution is -0.116. The zero-order chi connectivity index (χ0) is 13.4. The number of nitrogens with two attached hydrogens (primary N) is 1. The van der Waals surface area contributed by atoms with Crippen molar-refractivity contribution in [2.75, 3.05) is 35.6 Å². The van der Waals surface area contributed by atoms with Crippen LogP contribution >= 0.6 is 0 Å². The van der Waals surface area contributed by atoms with Gasteiger partial charge in [0.25, 0.3) is 0 Å². The fraction of sp³-hybridized carbons (Fsp3) is 0.500. The number of carbonyl (C=O) groups excluding carboxylic acids is 1. The third-order valence-corrected chi connectivity index (χ3v) is 4.03. The van der Waals surface area contributed by atoms with Crippen LogP contribution in [0.2, 0.25) is 0 Å². The van der Waals surface area contributed by atoms with Crippen LogP contribution in [0.3, 0.4) is 0 Å². The SMILES string of the molecule is Nc1cc2c(cc1N1CCC(CO)C1)CCC(=O)N2. The number of nitrogen functional groups attached to an aromatic ring is 1. The Kier molecular flexibility index (Phi) is 3.06. The monoisotopic (exact) mass is 261 g/mol. The minimum atomic E-state index is 0.0566. The normalized spacial score (nSPS) is 22.3. The molecule has 1 aromatic rings. The Hall–Kier alpha value is -1.75. The van der Waals surface area contributed by atoms with Gasteiger partial charge in [0.1, 0.15) is 0 Å². The number of amides is 1. The Morgan fingerprint density at radius 2 is 2.26 bits per heavy atom. The van der Waals surface area contributed by atoms with Gasteiger partial charge in [0.2, 0.25) is 5.91 Å². The van der Waals surface area contributed by atoms with Gasteiger partial charge in [-0.2, -0.15) is 0 Å². The lowest BCUT2D eigenvalue weighted by Gasteiger charge is -2.24. The second kappa shape index (κ2) is 4.74. The van der Waals surface area contributed by atoms with Crippen molar-refractivity contribution in [3.63, 3.8) is 0 Å². The summed E-state index contributed by atoms with van der Waals surface area (Å²) in [6, 6.07) is 3.94. The van der Waals surface area contributed by atoms with Crippen LogP contribution in [0.15, 0.2) is 12.1 Å². The largest absolute Gasteiger partial charge is 0.397 e. The highest BCUT2D eigenvalue weighted by atomic mass is 16.3. The summed E-state index contributed by atoms with van der Waals surface area (Å²) in [6.07, 6.45) is 2.31. The highest BCUT2D eigenvalue weighted by Gasteiger charge is 2.25. The molecule has 1 aromatic carbocycles. The average Bonchev–Trinajstić information content (AvgIpc) is 2.86. The summed E-state index contributed by atoms with van der Waals surface area (Å²) in [4.78, 5) is 13.6. The molecule has 0 spiro atoms. The maximum Gasteiger partial charge on any atom is 0.224 e. The predicted octanol–water partition coefficient (Wildman–Crippen LogP) is 0.972. The first kappa shape index (κ1) is 12.3. The number of aryl methyl sites for hydroxylation is 1. The number of nitrogens with zero attached hydrogens (tertiary/aromatic N) is 1. The second-order valence-corrected chi connectivity index (χ2v) is 5.40. The molecule has 3 rings (SSSR count). The molecule has 1 fully saturated rings. The number of carbonyl (C=O) groups is 1. The van der Waals surface area contributed by atoms with Crippen molar-refractivity contribution >= 4 is 23.0 Å². The molecule has 0 aliphatic carbocycles. The van der Waals surface area contributed by atoms with Crippen LogP contribution in [0, 0.1) is 5.92 Å². The molecule has 0 aromatic heterocycles. The molecule has 5 nitrogen and oxygen atoms in total. The number of anilines is 3. The van der Waals surface area contributed by atoms with Crippen LogP contribution in [-0.4, -0.2) is 30.7 Å². The second-order valence-electron chi connectivity index (χ2n) is 5.40. The molecule has 1 saturated heterocycles. The van der Waals surface area contributed by atoms with E-state index in [0.29, 0.717) is 18.0 Å². The van der Waals surface area contributed by atoms with Gasteiger partial charge in [-0.05, 0) is 30.5 Å². The van der Waals surface area contributed by atoms with E-state index in [2.05, 4.69) is 16.3 Å². The van der Waals surface area contributed by atoms with Crippen molar-refractivity contribution in [3.8, 4) is 0 Å². The molecule has 0 saturated carbocycles. The zero-order valence-corrected chi connectivity index (χ0v) is 10.9. The lowest BCUT2D eigenvalue weighted by Crippen LogP contribution is -2.24. The van der Waals surface area contributed by atoms with E-state index in [1.807, 2.05) is 6.07 Å². The minimum Gasteiger partial charge on any atom is -0.397 e. The topological polar surface area (TPSA) is 78.6 Å². The van der Waals surface area contributed by atoms with E-state index < -0.39 is 0 Å². The van der Waals surface area contributed by atoms with E-state index >= 15 is 0 Å². The number of aliphatic hydroxyl groups excluding tert-OH is 1. The van der Waals surface area contributed by atoms with Gasteiger partial charge in [-0.25, -0.2) is 0 Å². The summed E-state index contributed by atoms with van der Waals surface area (Å²) < 4.78 is 0. The van der Waals surface area contributed by atoms with Gasteiger partial charge < -0.3 is 21.1 Å². The number of hydrogen-bond acceptors (Lipinski definition) is 4. The first-order valence-electron chi connectivity index (χ1n) is 6.75. The van der Waals surface area contributed by atoms with Crippen LogP contribution in [0.1, 0.15) is 18.4 Å². The van der Waals surface area contributed by atoms with Crippen molar-refractivity contribution in [2.45, 2.75) is 19.3 Å². The van der Waals surface area contributed by atoms with E-state index in [0.717, 1.165) is 42.9 Å². The van der Waals surface area contributed by atoms with E-state index in [1.165, 1.54) is 0 Å². The van der Waals surface area contributed by atoms with Gasteiger partial charge in [-0.3, -0.25) is 4.79 Å². The van der Waals surface area contributed by atoms with Crippen LogP contribution in [0.4, 0.5) is 17.1 Å². The van der Waals surface area contributed by atoms with Gasteiger partial charge in [-0.15, -0.1) is 0 Å². The van der Waals surface area contributed by atoms with Gasteiger partial charge in [0.05, 0.1) is 11.4 Å². The third-order valence-electron chi connectivity index (χ3n) is 4.03. The maximum atomic E-state index is 11.4. The molecular formula is C14H19N3O2. The standard InChI is InChI=1S/C14H19N3O2/c15-11-6-12-10(1-2-14(19)16-12)5-13(11)17-4-3-9(7-17)8-18/h5-6,9,18H,1-4,7-8,15H2,(H,16,19). The highest BCUT2D eigenvalue weighted by Crippen LogP contribution is 2.35. The fourth-order valence-electron chi connectivity index (χ4n) is 2.91. The molecule has 0 bridgehead atoms. The first-order valence-corrected chi connectivity index (χ1v) is 6.75. The Bertz CT molecular complexity index is 516. The molecule has 2 aliphatic rings. The molecular weight excluding hydrogens is 242 g/mol. The first-order chi connectivity index (χ1) is 9.17. The number of nitrogens with one attached hydrogen (secondary N) is 1. The average molecular weight is 261 g/mol. The zero-order valence-electron chi connectivity index (χ0n) is 10.9. The molecule has 19 heavy (non-hydrogen) atoms. The Morgan fingerprint density at radius 1 is 1.42 bits per heavy atom. The van der Waals surface area contributed by atoms with Crippen LogP contribution in [-0.2, 0) is 11.2 Å². The summed E-state index contributed by atoms with van der Waals surface area (Å²) in [7, 11) is 0. The Morgan fingerprint density at radius 3 is 3.00 bits per heavy atom. The van der Waals surface area contributed by atoms with E-state index in [9.17, 15) is 9.90 Å².